The first-order chi connectivity index (χ1) is 15.0. The Labute approximate surface area is 186 Å². The molecule has 3 heterocycles. The largest absolute Gasteiger partial charge is 0.463 e. The van der Waals surface area contributed by atoms with Gasteiger partial charge in [0.05, 0.1) is 18.2 Å². The SMILES string of the molecule is CCOC(=O)C1=C(CN2CCN(c3cccc(C)c3)CC2)NC(=O)N[C@H]1c1cccs1. The lowest BCUT2D eigenvalue weighted by Crippen LogP contribution is -2.51. The molecule has 0 bridgehead atoms. The van der Waals surface area contributed by atoms with Gasteiger partial charge in [0, 0.05) is 49.0 Å². The predicted octanol–water partition coefficient (Wildman–Crippen LogP) is 3.05. The molecule has 1 aromatic heterocycles. The average molecular weight is 441 g/mol. The highest BCUT2D eigenvalue weighted by atomic mass is 32.1. The molecular formula is C23H28N4O3S. The van der Waals surface area contributed by atoms with Crippen molar-refractivity contribution >= 4 is 29.0 Å². The van der Waals surface area contributed by atoms with Crippen molar-refractivity contribution in [3.8, 4) is 0 Å². The van der Waals surface area contributed by atoms with E-state index in [1.165, 1.54) is 22.6 Å². The zero-order valence-corrected chi connectivity index (χ0v) is 18.7. The second kappa shape index (κ2) is 9.53. The van der Waals surface area contributed by atoms with E-state index in [9.17, 15) is 9.59 Å². The number of aryl methyl sites for hydroxylation is 1. The number of esters is 1. The van der Waals surface area contributed by atoms with Gasteiger partial charge in [0.25, 0.3) is 0 Å². The van der Waals surface area contributed by atoms with Crippen LogP contribution in [0.2, 0.25) is 0 Å². The van der Waals surface area contributed by atoms with Gasteiger partial charge in [-0.25, -0.2) is 9.59 Å². The summed E-state index contributed by atoms with van der Waals surface area (Å²) in [5.41, 5.74) is 3.61. The molecule has 0 radical (unpaired) electrons. The van der Waals surface area contributed by atoms with E-state index in [1.54, 1.807) is 6.92 Å². The van der Waals surface area contributed by atoms with Gasteiger partial charge in [-0.15, -0.1) is 11.3 Å². The Hall–Kier alpha value is -2.84. The van der Waals surface area contributed by atoms with E-state index in [2.05, 4.69) is 51.6 Å². The van der Waals surface area contributed by atoms with Crippen molar-refractivity contribution < 1.29 is 14.3 Å². The van der Waals surface area contributed by atoms with Gasteiger partial charge in [0.1, 0.15) is 0 Å². The number of carbonyl (C=O) groups is 2. The second-order valence-electron chi connectivity index (χ2n) is 7.76. The number of urea groups is 1. The first kappa shape index (κ1) is 21.4. The van der Waals surface area contributed by atoms with E-state index >= 15 is 0 Å². The quantitative estimate of drug-likeness (QED) is 0.676. The van der Waals surface area contributed by atoms with Crippen LogP contribution in [-0.4, -0.2) is 56.2 Å². The van der Waals surface area contributed by atoms with Gasteiger partial charge in [-0.2, -0.15) is 0 Å². The summed E-state index contributed by atoms with van der Waals surface area (Å²) < 4.78 is 5.34. The van der Waals surface area contributed by atoms with E-state index < -0.39 is 6.04 Å². The number of nitrogens with zero attached hydrogens (tertiary/aromatic N) is 2. The lowest BCUT2D eigenvalue weighted by molar-refractivity contribution is -0.139. The fourth-order valence-electron chi connectivity index (χ4n) is 4.07. The van der Waals surface area contributed by atoms with Crippen LogP contribution in [0.25, 0.3) is 0 Å². The van der Waals surface area contributed by atoms with Gasteiger partial charge < -0.3 is 20.3 Å². The number of piperazine rings is 1. The zero-order chi connectivity index (χ0) is 21.8. The lowest BCUT2D eigenvalue weighted by Gasteiger charge is -2.38. The van der Waals surface area contributed by atoms with Crippen molar-refractivity contribution in [2.24, 2.45) is 0 Å². The lowest BCUT2D eigenvalue weighted by atomic mass is 10.0. The maximum atomic E-state index is 12.8. The molecule has 31 heavy (non-hydrogen) atoms. The van der Waals surface area contributed by atoms with E-state index in [4.69, 9.17) is 4.74 Å². The molecule has 1 saturated heterocycles. The normalized spacial score (nSPS) is 19.7. The van der Waals surface area contributed by atoms with E-state index in [0.29, 0.717) is 17.8 Å². The minimum Gasteiger partial charge on any atom is -0.463 e. The van der Waals surface area contributed by atoms with Gasteiger partial charge in [0.15, 0.2) is 0 Å². The third-order valence-electron chi connectivity index (χ3n) is 5.60. The fraction of sp³-hybridized carbons (Fsp3) is 0.391. The van der Waals surface area contributed by atoms with Crippen molar-refractivity contribution in [3.63, 3.8) is 0 Å². The molecule has 2 aliphatic heterocycles. The summed E-state index contributed by atoms with van der Waals surface area (Å²) in [7, 11) is 0. The standard InChI is InChI=1S/C23H28N4O3S/c1-3-30-22(28)20-18(24-23(29)25-21(20)19-8-5-13-31-19)15-26-9-11-27(12-10-26)17-7-4-6-16(2)14-17/h4-8,13-14,21H,3,9-12,15H2,1-2H3,(H2,24,25,29)/t21-/m0/s1. The molecule has 0 unspecified atom stereocenters. The summed E-state index contributed by atoms with van der Waals surface area (Å²) in [5, 5.41) is 7.70. The Bertz CT molecular complexity index is 965. The fourth-order valence-corrected chi connectivity index (χ4v) is 4.86. The molecule has 2 aliphatic rings. The molecule has 0 spiro atoms. The van der Waals surface area contributed by atoms with Crippen molar-refractivity contribution in [2.75, 3.05) is 44.2 Å². The molecule has 0 saturated carbocycles. The Balaban J connectivity index is 1.52. The van der Waals surface area contributed by atoms with E-state index in [-0.39, 0.29) is 18.6 Å². The smallest absolute Gasteiger partial charge is 0.338 e. The van der Waals surface area contributed by atoms with Crippen molar-refractivity contribution in [3.05, 3.63) is 63.5 Å². The number of hydrogen-bond acceptors (Lipinski definition) is 6. The number of ether oxygens (including phenoxy) is 1. The number of nitrogens with one attached hydrogen (secondary N) is 2. The molecule has 1 aromatic carbocycles. The summed E-state index contributed by atoms with van der Waals surface area (Å²) in [5.74, 6) is -0.387. The molecule has 8 heteroatoms. The molecule has 4 rings (SSSR count). The van der Waals surface area contributed by atoms with Crippen LogP contribution < -0.4 is 15.5 Å². The van der Waals surface area contributed by atoms with E-state index in [1.807, 2.05) is 17.5 Å². The number of carbonyl (C=O) groups excluding carboxylic acids is 2. The molecule has 2 amide bonds. The Morgan fingerprint density at radius 1 is 1.19 bits per heavy atom. The second-order valence-corrected chi connectivity index (χ2v) is 8.74. The van der Waals surface area contributed by atoms with Crippen LogP contribution in [0.4, 0.5) is 10.5 Å². The molecule has 1 atom stereocenters. The average Bonchev–Trinajstić information content (AvgIpc) is 3.29. The summed E-state index contributed by atoms with van der Waals surface area (Å²) >= 11 is 1.51. The van der Waals surface area contributed by atoms with Gasteiger partial charge in [-0.3, -0.25) is 4.90 Å². The maximum Gasteiger partial charge on any atom is 0.338 e. The third kappa shape index (κ3) is 4.91. The highest BCUT2D eigenvalue weighted by Gasteiger charge is 2.35. The zero-order valence-electron chi connectivity index (χ0n) is 17.9. The van der Waals surface area contributed by atoms with Crippen LogP contribution in [0.3, 0.4) is 0 Å². The molecule has 0 aliphatic carbocycles. The predicted molar refractivity (Wildman–Crippen MR) is 122 cm³/mol. The Morgan fingerprint density at radius 3 is 2.68 bits per heavy atom. The van der Waals surface area contributed by atoms with Crippen LogP contribution >= 0.6 is 11.3 Å². The van der Waals surface area contributed by atoms with Crippen LogP contribution in [0, 0.1) is 6.92 Å². The number of anilines is 1. The maximum absolute atomic E-state index is 12.8. The van der Waals surface area contributed by atoms with Gasteiger partial charge in [-0.1, -0.05) is 18.2 Å². The summed E-state index contributed by atoms with van der Waals surface area (Å²) in [6, 6.07) is 11.6. The Kier molecular flexibility index (Phi) is 6.58. The molecule has 7 nitrogen and oxygen atoms in total. The number of thiophene rings is 1. The number of amides is 2. The highest BCUT2D eigenvalue weighted by Crippen LogP contribution is 2.31. The molecular weight excluding hydrogens is 412 g/mol. The monoisotopic (exact) mass is 440 g/mol. The number of benzene rings is 1. The first-order valence-corrected chi connectivity index (χ1v) is 11.5. The van der Waals surface area contributed by atoms with Gasteiger partial charge in [-0.05, 0) is 43.0 Å². The summed E-state index contributed by atoms with van der Waals surface area (Å²) in [4.78, 5) is 30.8. The number of rotatable bonds is 6. The summed E-state index contributed by atoms with van der Waals surface area (Å²) in [6.45, 7) is 8.17. The third-order valence-corrected chi connectivity index (χ3v) is 6.53. The first-order valence-electron chi connectivity index (χ1n) is 10.6. The van der Waals surface area contributed by atoms with Crippen LogP contribution in [0.1, 0.15) is 23.4 Å². The van der Waals surface area contributed by atoms with Gasteiger partial charge >= 0.3 is 12.0 Å². The van der Waals surface area contributed by atoms with Crippen LogP contribution in [0.5, 0.6) is 0 Å². The van der Waals surface area contributed by atoms with E-state index in [0.717, 1.165) is 31.1 Å². The molecule has 2 aromatic rings. The minimum atomic E-state index is -0.489. The highest BCUT2D eigenvalue weighted by molar-refractivity contribution is 7.10. The van der Waals surface area contributed by atoms with Crippen LogP contribution in [0.15, 0.2) is 53.0 Å². The van der Waals surface area contributed by atoms with Crippen molar-refractivity contribution in [2.45, 2.75) is 19.9 Å². The van der Waals surface area contributed by atoms with Gasteiger partial charge in [0.2, 0.25) is 0 Å². The van der Waals surface area contributed by atoms with Crippen LogP contribution in [-0.2, 0) is 9.53 Å². The molecule has 164 valence electrons. The Morgan fingerprint density at radius 2 is 2.00 bits per heavy atom. The number of hydrogen-bond donors (Lipinski definition) is 2. The minimum absolute atomic E-state index is 0.288. The topological polar surface area (TPSA) is 73.9 Å². The molecule has 1 fully saturated rings. The van der Waals surface area contributed by atoms with Crippen molar-refractivity contribution in [1.82, 2.24) is 15.5 Å². The van der Waals surface area contributed by atoms with Crippen molar-refractivity contribution in [1.29, 1.82) is 0 Å². The molecule has 2 N–H and O–H groups in total. The summed E-state index contributed by atoms with van der Waals surface area (Å²) in [6.07, 6.45) is 0.